The third-order valence-corrected chi connectivity index (χ3v) is 4.47. The zero-order valence-electron chi connectivity index (χ0n) is 11.7. The zero-order valence-corrected chi connectivity index (χ0v) is 11.7. The van der Waals surface area contributed by atoms with Crippen LogP contribution in [0.15, 0.2) is 24.3 Å². The van der Waals surface area contributed by atoms with E-state index in [0.717, 1.165) is 11.5 Å². The van der Waals surface area contributed by atoms with Crippen LogP contribution in [0, 0.1) is 22.7 Å². The van der Waals surface area contributed by atoms with Crippen molar-refractivity contribution in [2.75, 3.05) is 0 Å². The molecule has 0 amide bonds. The Hall–Kier alpha value is -1.29. The van der Waals surface area contributed by atoms with Gasteiger partial charge in [0.15, 0.2) is 0 Å². The van der Waals surface area contributed by atoms with E-state index in [-0.39, 0.29) is 0 Å². The van der Waals surface area contributed by atoms with Gasteiger partial charge >= 0.3 is 0 Å². The summed E-state index contributed by atoms with van der Waals surface area (Å²) in [6, 6.07) is 10.4. The van der Waals surface area contributed by atoms with Crippen LogP contribution in [0.3, 0.4) is 0 Å². The van der Waals surface area contributed by atoms with Crippen LogP contribution in [0.2, 0.25) is 0 Å². The van der Waals surface area contributed by atoms with Crippen molar-refractivity contribution in [1.29, 1.82) is 5.26 Å². The summed E-state index contributed by atoms with van der Waals surface area (Å²) >= 11 is 0. The van der Waals surface area contributed by atoms with Gasteiger partial charge in [-0.25, -0.2) is 0 Å². The van der Waals surface area contributed by atoms with E-state index >= 15 is 0 Å². The Bertz CT molecular complexity index is 439. The van der Waals surface area contributed by atoms with E-state index in [1.807, 2.05) is 12.1 Å². The second-order valence-electron chi connectivity index (χ2n) is 6.61. The number of rotatable bonds is 1. The normalized spacial score (nSPS) is 24.6. The Morgan fingerprint density at radius 1 is 1.06 bits per heavy atom. The average Bonchev–Trinajstić information content (AvgIpc) is 2.38. The second-order valence-corrected chi connectivity index (χ2v) is 6.61. The Morgan fingerprint density at radius 3 is 2.22 bits per heavy atom. The molecule has 0 saturated heterocycles. The maximum absolute atomic E-state index is 9.18. The van der Waals surface area contributed by atoms with Gasteiger partial charge in [0.2, 0.25) is 0 Å². The van der Waals surface area contributed by atoms with Crippen LogP contribution in [0.1, 0.15) is 63.5 Å². The summed E-state index contributed by atoms with van der Waals surface area (Å²) in [6.45, 7) is 7.05. The van der Waals surface area contributed by atoms with Gasteiger partial charge in [0.1, 0.15) is 0 Å². The van der Waals surface area contributed by atoms with Crippen LogP contribution in [-0.4, -0.2) is 0 Å². The molecule has 1 heteroatoms. The highest BCUT2D eigenvalue weighted by atomic mass is 14.4. The van der Waals surface area contributed by atoms with Gasteiger partial charge in [0.25, 0.3) is 0 Å². The summed E-state index contributed by atoms with van der Waals surface area (Å²) < 4.78 is 0. The summed E-state index contributed by atoms with van der Waals surface area (Å²) in [4.78, 5) is 0. The number of hydrogen-bond acceptors (Lipinski definition) is 1. The van der Waals surface area contributed by atoms with Crippen LogP contribution in [0.4, 0.5) is 0 Å². The maximum Gasteiger partial charge on any atom is 0.0994 e. The predicted molar refractivity (Wildman–Crippen MR) is 75.3 cm³/mol. The zero-order chi connectivity index (χ0) is 13.2. The van der Waals surface area contributed by atoms with Crippen molar-refractivity contribution in [3.05, 3.63) is 35.4 Å². The molecule has 96 valence electrons. The van der Waals surface area contributed by atoms with Gasteiger partial charge in [-0.1, -0.05) is 39.0 Å². The van der Waals surface area contributed by atoms with Crippen LogP contribution >= 0.6 is 0 Å². The van der Waals surface area contributed by atoms with Crippen molar-refractivity contribution in [3.8, 4) is 6.07 Å². The van der Waals surface area contributed by atoms with Gasteiger partial charge in [0, 0.05) is 0 Å². The first-order valence-corrected chi connectivity index (χ1v) is 7.01. The van der Waals surface area contributed by atoms with Gasteiger partial charge < -0.3 is 0 Å². The van der Waals surface area contributed by atoms with E-state index in [4.69, 9.17) is 0 Å². The Morgan fingerprint density at radius 2 is 1.67 bits per heavy atom. The summed E-state index contributed by atoms with van der Waals surface area (Å²) in [7, 11) is 0. The van der Waals surface area contributed by atoms with Gasteiger partial charge in [-0.05, 0) is 54.6 Å². The lowest BCUT2D eigenvalue weighted by Crippen LogP contribution is -2.25. The van der Waals surface area contributed by atoms with Gasteiger partial charge in [-0.15, -0.1) is 0 Å². The number of hydrogen-bond donors (Lipinski definition) is 0. The van der Waals surface area contributed by atoms with E-state index in [0.29, 0.717) is 11.3 Å². The molecule has 0 radical (unpaired) electrons. The van der Waals surface area contributed by atoms with Crippen molar-refractivity contribution in [1.82, 2.24) is 0 Å². The van der Waals surface area contributed by atoms with E-state index in [9.17, 15) is 5.26 Å². The molecule has 1 nitrogen and oxygen atoms in total. The lowest BCUT2D eigenvalue weighted by Gasteiger charge is -2.37. The summed E-state index contributed by atoms with van der Waals surface area (Å²) in [5, 5.41) is 9.18. The highest BCUT2D eigenvalue weighted by molar-refractivity contribution is 5.39. The molecule has 0 spiro atoms. The lowest BCUT2D eigenvalue weighted by atomic mass is 9.68. The molecule has 1 fully saturated rings. The minimum atomic E-state index is 0.430. The monoisotopic (exact) mass is 241 g/mol. The van der Waals surface area contributed by atoms with Crippen LogP contribution in [0.25, 0.3) is 0 Å². The lowest BCUT2D eigenvalue weighted by molar-refractivity contribution is 0.169. The quantitative estimate of drug-likeness (QED) is 0.687. The predicted octanol–water partition coefficient (Wildman–Crippen LogP) is 4.88. The molecule has 18 heavy (non-hydrogen) atoms. The van der Waals surface area contributed by atoms with Crippen molar-refractivity contribution < 1.29 is 0 Å². The number of nitriles is 1. The first kappa shape index (κ1) is 13.1. The van der Waals surface area contributed by atoms with Crippen molar-refractivity contribution >= 4 is 0 Å². The second kappa shape index (κ2) is 5.14. The smallest absolute Gasteiger partial charge is 0.0994 e. The number of nitrogens with zero attached hydrogens (tertiary/aromatic N) is 1. The molecule has 0 heterocycles. The SMILES string of the molecule is CC(C)(C)C1CCC(c2ccccc2C#N)CC1. The topological polar surface area (TPSA) is 23.8 Å². The van der Waals surface area contributed by atoms with Crippen molar-refractivity contribution in [2.24, 2.45) is 11.3 Å². The summed E-state index contributed by atoms with van der Waals surface area (Å²) in [5.74, 6) is 1.43. The highest BCUT2D eigenvalue weighted by Crippen LogP contribution is 2.43. The first-order chi connectivity index (χ1) is 8.52. The molecule has 1 aliphatic rings. The summed E-state index contributed by atoms with van der Waals surface area (Å²) in [5.41, 5.74) is 2.57. The molecule has 1 saturated carbocycles. The molecule has 0 N–H and O–H groups in total. The fourth-order valence-corrected chi connectivity index (χ4v) is 3.23. The van der Waals surface area contributed by atoms with Crippen LogP contribution < -0.4 is 0 Å². The molecular formula is C17H23N. The minimum absolute atomic E-state index is 0.430. The molecule has 0 unspecified atom stereocenters. The molecule has 1 aromatic carbocycles. The van der Waals surface area contributed by atoms with E-state index in [1.165, 1.54) is 31.2 Å². The standard InChI is InChI=1S/C17H23N/c1-17(2,3)15-10-8-13(9-11-15)16-7-5-4-6-14(16)12-18/h4-7,13,15H,8-11H2,1-3H3. The Balaban J connectivity index is 2.09. The van der Waals surface area contributed by atoms with E-state index in [1.54, 1.807) is 0 Å². The molecule has 1 aromatic rings. The molecule has 0 atom stereocenters. The van der Waals surface area contributed by atoms with Crippen molar-refractivity contribution in [3.63, 3.8) is 0 Å². The molecule has 2 rings (SSSR count). The third kappa shape index (κ3) is 2.75. The number of benzene rings is 1. The van der Waals surface area contributed by atoms with Crippen LogP contribution in [-0.2, 0) is 0 Å². The fraction of sp³-hybridized carbons (Fsp3) is 0.588. The van der Waals surface area contributed by atoms with E-state index < -0.39 is 0 Å². The molecular weight excluding hydrogens is 218 g/mol. The Kier molecular flexibility index (Phi) is 3.76. The molecule has 1 aliphatic carbocycles. The molecule has 0 aromatic heterocycles. The first-order valence-electron chi connectivity index (χ1n) is 7.01. The summed E-state index contributed by atoms with van der Waals surface area (Å²) in [6.07, 6.45) is 5.07. The maximum atomic E-state index is 9.18. The van der Waals surface area contributed by atoms with Crippen LogP contribution in [0.5, 0.6) is 0 Å². The third-order valence-electron chi connectivity index (χ3n) is 4.47. The van der Waals surface area contributed by atoms with Gasteiger partial charge in [-0.3, -0.25) is 0 Å². The van der Waals surface area contributed by atoms with Crippen molar-refractivity contribution in [2.45, 2.75) is 52.4 Å². The highest BCUT2D eigenvalue weighted by Gasteiger charge is 2.30. The Labute approximate surface area is 111 Å². The average molecular weight is 241 g/mol. The minimum Gasteiger partial charge on any atom is -0.192 e. The van der Waals surface area contributed by atoms with Gasteiger partial charge in [-0.2, -0.15) is 5.26 Å². The fourth-order valence-electron chi connectivity index (χ4n) is 3.23. The largest absolute Gasteiger partial charge is 0.192 e. The van der Waals surface area contributed by atoms with E-state index in [2.05, 4.69) is 39.0 Å². The molecule has 0 aliphatic heterocycles. The molecule has 0 bridgehead atoms. The van der Waals surface area contributed by atoms with Gasteiger partial charge in [0.05, 0.1) is 11.6 Å².